The highest BCUT2D eigenvalue weighted by Gasteiger charge is 2.13. The number of pyridine rings is 1. The van der Waals surface area contributed by atoms with E-state index >= 15 is 0 Å². The maximum Gasteiger partial charge on any atom is 0.257 e. The first kappa shape index (κ1) is 20.3. The predicted molar refractivity (Wildman–Crippen MR) is 112 cm³/mol. The molecule has 0 radical (unpaired) electrons. The van der Waals surface area contributed by atoms with Crippen molar-refractivity contribution in [1.82, 2.24) is 9.71 Å². The van der Waals surface area contributed by atoms with Gasteiger partial charge in [0, 0.05) is 30.0 Å². The van der Waals surface area contributed by atoms with Crippen molar-refractivity contribution < 1.29 is 13.2 Å². The first-order valence-corrected chi connectivity index (χ1v) is 11.0. The normalized spacial score (nSPS) is 11.2. The number of hydrogen-bond donors (Lipinski definition) is 3. The fraction of sp³-hybridized carbons (Fsp3) is 0.111. The number of carbonyl (C=O) groups is 1. The Bertz CT molecular complexity index is 1040. The molecule has 2 aromatic heterocycles. The van der Waals surface area contributed by atoms with Gasteiger partial charge in [-0.05, 0) is 41.8 Å². The first-order valence-electron chi connectivity index (χ1n) is 8.24. The van der Waals surface area contributed by atoms with E-state index in [9.17, 15) is 13.2 Å². The number of amides is 1. The second-order valence-corrected chi connectivity index (χ2v) is 9.03. The number of nitrogens with zero attached hydrogens (tertiary/aromatic N) is 1. The van der Waals surface area contributed by atoms with E-state index in [1.165, 1.54) is 6.20 Å². The van der Waals surface area contributed by atoms with Gasteiger partial charge in [0.1, 0.15) is 10.0 Å². The summed E-state index contributed by atoms with van der Waals surface area (Å²) in [4.78, 5) is 16.4. The maximum absolute atomic E-state index is 12.2. The Morgan fingerprint density at radius 2 is 1.96 bits per heavy atom. The van der Waals surface area contributed by atoms with Crippen LogP contribution < -0.4 is 15.4 Å². The van der Waals surface area contributed by atoms with Crippen LogP contribution in [0.5, 0.6) is 0 Å². The Labute approximate surface area is 171 Å². The minimum atomic E-state index is -3.48. The lowest BCUT2D eigenvalue weighted by atomic mass is 10.2. The number of nitrogens with one attached hydrogen (secondary N) is 3. The quantitative estimate of drug-likeness (QED) is 0.469. The summed E-state index contributed by atoms with van der Waals surface area (Å²) in [5.41, 5.74) is 0.988. The first-order chi connectivity index (χ1) is 13.4. The molecule has 1 aromatic carbocycles. The van der Waals surface area contributed by atoms with Gasteiger partial charge in [0.25, 0.3) is 5.91 Å². The summed E-state index contributed by atoms with van der Waals surface area (Å²) in [5.74, 6) is 0.236. The number of rotatable bonds is 8. The number of benzene rings is 1. The van der Waals surface area contributed by atoms with Crippen LogP contribution in [0.3, 0.4) is 0 Å². The van der Waals surface area contributed by atoms with Crippen molar-refractivity contribution in [3.63, 3.8) is 0 Å². The molecule has 3 N–H and O–H groups in total. The summed E-state index contributed by atoms with van der Waals surface area (Å²) in [7, 11) is -3.48. The van der Waals surface area contributed by atoms with E-state index in [0.29, 0.717) is 28.6 Å². The van der Waals surface area contributed by atoms with Crippen LogP contribution in [0, 0.1) is 0 Å². The van der Waals surface area contributed by atoms with E-state index in [2.05, 4.69) is 20.3 Å². The van der Waals surface area contributed by atoms with Crippen LogP contribution >= 0.6 is 22.9 Å². The molecule has 146 valence electrons. The summed E-state index contributed by atoms with van der Waals surface area (Å²) in [6, 6.07) is 13.4. The minimum absolute atomic E-state index is 0.207. The predicted octanol–water partition coefficient (Wildman–Crippen LogP) is 3.44. The van der Waals surface area contributed by atoms with Crippen molar-refractivity contribution >= 4 is 50.4 Å². The van der Waals surface area contributed by atoms with E-state index in [-0.39, 0.29) is 16.7 Å². The molecule has 2 heterocycles. The fourth-order valence-corrected chi connectivity index (χ4v) is 4.53. The van der Waals surface area contributed by atoms with Crippen molar-refractivity contribution in [3.8, 4) is 0 Å². The van der Waals surface area contributed by atoms with Crippen molar-refractivity contribution in [1.29, 1.82) is 0 Å². The molecule has 0 unspecified atom stereocenters. The molecule has 3 rings (SSSR count). The molecule has 0 aliphatic heterocycles. The number of aromatic nitrogens is 1. The van der Waals surface area contributed by atoms with Crippen molar-refractivity contribution in [2.45, 2.75) is 4.21 Å². The molecule has 0 saturated carbocycles. The van der Waals surface area contributed by atoms with Crippen LogP contribution in [0.1, 0.15) is 10.4 Å². The van der Waals surface area contributed by atoms with Gasteiger partial charge < -0.3 is 10.6 Å². The van der Waals surface area contributed by atoms with E-state index in [0.717, 1.165) is 11.3 Å². The van der Waals surface area contributed by atoms with Crippen LogP contribution in [0.2, 0.25) is 5.02 Å². The highest BCUT2D eigenvalue weighted by atomic mass is 35.5. The summed E-state index contributed by atoms with van der Waals surface area (Å²) in [5, 5.41) is 7.99. The van der Waals surface area contributed by atoms with Crippen LogP contribution in [-0.2, 0) is 10.0 Å². The summed E-state index contributed by atoms with van der Waals surface area (Å²) in [6.45, 7) is 0.560. The van der Waals surface area contributed by atoms with Crippen molar-refractivity contribution in [2.75, 3.05) is 23.7 Å². The zero-order valence-electron chi connectivity index (χ0n) is 14.6. The Morgan fingerprint density at radius 3 is 2.64 bits per heavy atom. The Morgan fingerprint density at radius 1 is 1.11 bits per heavy atom. The van der Waals surface area contributed by atoms with Crippen LogP contribution in [0.4, 0.5) is 11.5 Å². The lowest BCUT2D eigenvalue weighted by Crippen LogP contribution is -2.28. The number of halogens is 1. The van der Waals surface area contributed by atoms with Crippen LogP contribution in [-0.4, -0.2) is 32.4 Å². The number of carbonyl (C=O) groups excluding carboxylic acids is 1. The minimum Gasteiger partial charge on any atom is -0.369 e. The SMILES string of the molecule is O=C(Nc1cccc(Cl)c1)c1ccc(NCCNS(=O)(=O)c2cccs2)nc1. The molecule has 0 fully saturated rings. The molecule has 28 heavy (non-hydrogen) atoms. The van der Waals surface area contributed by atoms with Crippen molar-refractivity contribution in [3.05, 3.63) is 70.7 Å². The third kappa shape index (κ3) is 5.52. The second-order valence-electron chi connectivity index (χ2n) is 5.65. The van der Waals surface area contributed by atoms with Gasteiger partial charge in [-0.2, -0.15) is 0 Å². The highest BCUT2D eigenvalue weighted by molar-refractivity contribution is 7.91. The average Bonchev–Trinajstić information content (AvgIpc) is 3.22. The molecule has 0 aliphatic rings. The van der Waals surface area contributed by atoms with Gasteiger partial charge in [0.2, 0.25) is 10.0 Å². The van der Waals surface area contributed by atoms with Crippen LogP contribution in [0.15, 0.2) is 64.3 Å². The van der Waals surface area contributed by atoms with Gasteiger partial charge in [-0.15, -0.1) is 11.3 Å². The van der Waals surface area contributed by atoms with Gasteiger partial charge in [-0.3, -0.25) is 4.79 Å². The molecule has 0 saturated heterocycles. The van der Waals surface area contributed by atoms with E-state index < -0.39 is 10.0 Å². The summed E-state index contributed by atoms with van der Waals surface area (Å²) in [6.07, 6.45) is 1.44. The number of anilines is 2. The smallest absolute Gasteiger partial charge is 0.257 e. The molecular weight excluding hydrogens is 420 g/mol. The molecular formula is C18H17ClN4O3S2. The summed E-state index contributed by atoms with van der Waals surface area (Å²) >= 11 is 7.06. The third-order valence-corrected chi connectivity index (χ3v) is 6.68. The van der Waals surface area contributed by atoms with Gasteiger partial charge in [-0.1, -0.05) is 23.7 Å². The van der Waals surface area contributed by atoms with E-state index in [1.807, 2.05) is 0 Å². The maximum atomic E-state index is 12.2. The number of hydrogen-bond acceptors (Lipinski definition) is 6. The van der Waals surface area contributed by atoms with E-state index in [1.54, 1.807) is 53.9 Å². The van der Waals surface area contributed by atoms with Gasteiger partial charge in [0.05, 0.1) is 5.56 Å². The molecule has 0 atom stereocenters. The third-order valence-electron chi connectivity index (χ3n) is 3.59. The lowest BCUT2D eigenvalue weighted by molar-refractivity contribution is 0.102. The number of sulfonamides is 1. The zero-order chi connectivity index (χ0) is 20.0. The topological polar surface area (TPSA) is 100 Å². The zero-order valence-corrected chi connectivity index (χ0v) is 16.9. The van der Waals surface area contributed by atoms with E-state index in [4.69, 9.17) is 11.6 Å². The van der Waals surface area contributed by atoms with Gasteiger partial charge in [-0.25, -0.2) is 18.1 Å². The lowest BCUT2D eigenvalue weighted by Gasteiger charge is -2.08. The molecule has 3 aromatic rings. The highest BCUT2D eigenvalue weighted by Crippen LogP contribution is 2.16. The average molecular weight is 437 g/mol. The molecule has 1 amide bonds. The monoisotopic (exact) mass is 436 g/mol. The fourth-order valence-electron chi connectivity index (χ4n) is 2.27. The molecule has 7 nitrogen and oxygen atoms in total. The van der Waals surface area contributed by atoms with Crippen LogP contribution in [0.25, 0.3) is 0 Å². The molecule has 0 spiro atoms. The molecule has 0 aliphatic carbocycles. The standard InChI is InChI=1S/C18H17ClN4O3S2/c19-14-3-1-4-15(11-14)23-18(24)13-6-7-16(21-12-13)20-8-9-22-28(25,26)17-5-2-10-27-17/h1-7,10-12,22H,8-9H2,(H,20,21)(H,23,24). The Hall–Kier alpha value is -2.46. The van der Waals surface area contributed by atoms with Gasteiger partial charge in [0.15, 0.2) is 0 Å². The Kier molecular flexibility index (Phi) is 6.63. The largest absolute Gasteiger partial charge is 0.369 e. The second kappa shape index (κ2) is 9.16. The summed E-state index contributed by atoms with van der Waals surface area (Å²) < 4.78 is 26.8. The van der Waals surface area contributed by atoms with Crippen molar-refractivity contribution in [2.24, 2.45) is 0 Å². The molecule has 0 bridgehead atoms. The Balaban J connectivity index is 1.48. The van der Waals surface area contributed by atoms with Gasteiger partial charge >= 0.3 is 0 Å². The number of thiophene rings is 1. The molecule has 10 heteroatoms.